The third kappa shape index (κ3) is 2.41. The number of nitrogens with one attached hydrogen (secondary N) is 1. The monoisotopic (exact) mass is 231 g/mol. The van der Waals surface area contributed by atoms with Gasteiger partial charge in [0.05, 0.1) is 5.69 Å². The average Bonchev–Trinajstić information content (AvgIpc) is 2.61. The number of rotatable bonds is 2. The molecule has 17 heavy (non-hydrogen) atoms. The second kappa shape index (κ2) is 4.25. The first kappa shape index (κ1) is 11.1. The predicted octanol–water partition coefficient (Wildman–Crippen LogP) is 0.958. The molecule has 2 aromatic heterocycles. The molecular weight excluding hydrogens is 218 g/mol. The van der Waals surface area contributed by atoms with Crippen LogP contribution < -0.4 is 11.1 Å². The first-order valence-corrected chi connectivity index (χ1v) is 5.09. The van der Waals surface area contributed by atoms with Crippen LogP contribution in [0.3, 0.4) is 0 Å². The Labute approximate surface area is 98.5 Å². The molecule has 0 aliphatic rings. The quantitative estimate of drug-likeness (QED) is 0.806. The van der Waals surface area contributed by atoms with Gasteiger partial charge in [-0.3, -0.25) is 9.48 Å². The number of aryl methyl sites for hydroxylation is 2. The Morgan fingerprint density at radius 1 is 1.47 bits per heavy atom. The van der Waals surface area contributed by atoms with E-state index in [4.69, 9.17) is 5.73 Å². The minimum absolute atomic E-state index is 0.204. The van der Waals surface area contributed by atoms with Crippen molar-refractivity contribution in [1.82, 2.24) is 14.8 Å². The maximum absolute atomic E-state index is 11.8. The average molecular weight is 231 g/mol. The van der Waals surface area contributed by atoms with Crippen LogP contribution in [-0.4, -0.2) is 20.7 Å². The second-order valence-corrected chi connectivity index (χ2v) is 3.78. The lowest BCUT2D eigenvalue weighted by Crippen LogP contribution is -2.15. The van der Waals surface area contributed by atoms with Crippen molar-refractivity contribution in [3.63, 3.8) is 0 Å². The van der Waals surface area contributed by atoms with E-state index in [-0.39, 0.29) is 11.6 Å². The smallest absolute Gasteiger partial charge is 0.279 e. The Balaban J connectivity index is 2.17. The standard InChI is InChI=1S/C11H13N5O/c1-7-3-4-9(13-5-7)14-11(17)10-8(12)6-16(2)15-10/h3-6H,12H2,1-2H3,(H,13,14,17). The van der Waals surface area contributed by atoms with E-state index in [2.05, 4.69) is 15.4 Å². The molecule has 0 spiro atoms. The van der Waals surface area contributed by atoms with Crippen molar-refractivity contribution in [1.29, 1.82) is 0 Å². The summed E-state index contributed by atoms with van der Waals surface area (Å²) >= 11 is 0. The van der Waals surface area contributed by atoms with Crippen LogP contribution in [0.25, 0.3) is 0 Å². The molecule has 0 fully saturated rings. The molecule has 1 amide bonds. The van der Waals surface area contributed by atoms with E-state index >= 15 is 0 Å². The van der Waals surface area contributed by atoms with Crippen LogP contribution in [-0.2, 0) is 7.05 Å². The van der Waals surface area contributed by atoms with Gasteiger partial charge in [-0.2, -0.15) is 5.10 Å². The Kier molecular flexibility index (Phi) is 2.78. The second-order valence-electron chi connectivity index (χ2n) is 3.78. The number of carbonyl (C=O) groups is 1. The normalized spacial score (nSPS) is 10.2. The van der Waals surface area contributed by atoms with Gasteiger partial charge >= 0.3 is 0 Å². The lowest BCUT2D eigenvalue weighted by Gasteiger charge is -2.02. The van der Waals surface area contributed by atoms with Gasteiger partial charge in [0.2, 0.25) is 0 Å². The van der Waals surface area contributed by atoms with Gasteiger partial charge in [0, 0.05) is 19.4 Å². The van der Waals surface area contributed by atoms with Gasteiger partial charge in [0.1, 0.15) is 5.82 Å². The number of hydrogen-bond acceptors (Lipinski definition) is 4. The molecule has 0 atom stereocenters. The maximum atomic E-state index is 11.8. The van der Waals surface area contributed by atoms with Gasteiger partial charge in [-0.15, -0.1) is 0 Å². The zero-order chi connectivity index (χ0) is 12.4. The predicted molar refractivity (Wildman–Crippen MR) is 64.5 cm³/mol. The summed E-state index contributed by atoms with van der Waals surface area (Å²) < 4.78 is 1.49. The fourth-order valence-corrected chi connectivity index (χ4v) is 1.40. The number of nitrogens with two attached hydrogens (primary N) is 1. The first-order valence-electron chi connectivity index (χ1n) is 5.09. The van der Waals surface area contributed by atoms with Gasteiger partial charge in [0.25, 0.3) is 5.91 Å². The number of pyridine rings is 1. The van der Waals surface area contributed by atoms with Crippen molar-refractivity contribution in [3.05, 3.63) is 35.8 Å². The van der Waals surface area contributed by atoms with Gasteiger partial charge in [-0.05, 0) is 18.6 Å². The molecule has 0 aromatic carbocycles. The number of carbonyl (C=O) groups excluding carboxylic acids is 1. The molecule has 2 rings (SSSR count). The van der Waals surface area contributed by atoms with E-state index < -0.39 is 0 Å². The third-order valence-corrected chi connectivity index (χ3v) is 2.23. The maximum Gasteiger partial charge on any atom is 0.279 e. The molecule has 0 radical (unpaired) electrons. The molecule has 3 N–H and O–H groups in total. The number of hydrogen-bond donors (Lipinski definition) is 2. The molecular formula is C11H13N5O. The number of anilines is 2. The topological polar surface area (TPSA) is 85.8 Å². The highest BCUT2D eigenvalue weighted by molar-refractivity contribution is 6.05. The fraction of sp³-hybridized carbons (Fsp3) is 0.182. The third-order valence-electron chi connectivity index (χ3n) is 2.23. The molecule has 0 aliphatic carbocycles. The molecule has 0 saturated carbocycles. The zero-order valence-corrected chi connectivity index (χ0v) is 9.64. The molecule has 2 aromatic rings. The summed E-state index contributed by atoms with van der Waals surface area (Å²) in [5.74, 6) is 0.116. The van der Waals surface area contributed by atoms with Crippen LogP contribution in [0.5, 0.6) is 0 Å². The summed E-state index contributed by atoms with van der Waals surface area (Å²) in [6.07, 6.45) is 3.26. The van der Waals surface area contributed by atoms with Crippen LogP contribution in [0, 0.1) is 6.92 Å². The van der Waals surface area contributed by atoms with Gasteiger partial charge in [-0.1, -0.05) is 6.07 Å². The number of nitrogens with zero attached hydrogens (tertiary/aromatic N) is 3. The Morgan fingerprint density at radius 3 is 2.76 bits per heavy atom. The Morgan fingerprint density at radius 2 is 2.24 bits per heavy atom. The highest BCUT2D eigenvalue weighted by atomic mass is 16.2. The van der Waals surface area contributed by atoms with E-state index in [0.717, 1.165) is 5.56 Å². The Hall–Kier alpha value is -2.37. The molecule has 0 aliphatic heterocycles. The highest BCUT2D eigenvalue weighted by Crippen LogP contribution is 2.11. The molecule has 88 valence electrons. The number of amides is 1. The summed E-state index contributed by atoms with van der Waals surface area (Å²) in [5, 5.41) is 6.61. The first-order chi connectivity index (χ1) is 8.06. The minimum Gasteiger partial charge on any atom is -0.396 e. The number of nitrogen functional groups attached to an aromatic ring is 1. The van der Waals surface area contributed by atoms with Crippen molar-refractivity contribution in [2.75, 3.05) is 11.1 Å². The lowest BCUT2D eigenvalue weighted by molar-refractivity contribution is 0.102. The summed E-state index contributed by atoms with van der Waals surface area (Å²) in [5.41, 5.74) is 7.23. The van der Waals surface area contributed by atoms with Crippen molar-refractivity contribution < 1.29 is 4.79 Å². The van der Waals surface area contributed by atoms with Crippen molar-refractivity contribution in [3.8, 4) is 0 Å². The Bertz CT molecular complexity index is 543. The molecule has 0 saturated heterocycles. The van der Waals surface area contributed by atoms with E-state index in [1.165, 1.54) is 4.68 Å². The highest BCUT2D eigenvalue weighted by Gasteiger charge is 2.14. The molecule has 0 bridgehead atoms. The molecule has 6 heteroatoms. The van der Waals surface area contributed by atoms with Crippen LogP contribution in [0.4, 0.5) is 11.5 Å². The summed E-state index contributed by atoms with van der Waals surface area (Å²) in [7, 11) is 1.71. The summed E-state index contributed by atoms with van der Waals surface area (Å²) in [6, 6.07) is 3.59. The van der Waals surface area contributed by atoms with E-state index in [0.29, 0.717) is 11.5 Å². The van der Waals surface area contributed by atoms with Crippen molar-refractivity contribution in [2.24, 2.45) is 7.05 Å². The molecule has 2 heterocycles. The van der Waals surface area contributed by atoms with Crippen molar-refractivity contribution >= 4 is 17.4 Å². The van der Waals surface area contributed by atoms with E-state index in [1.807, 2.05) is 13.0 Å². The van der Waals surface area contributed by atoms with E-state index in [9.17, 15) is 4.79 Å². The van der Waals surface area contributed by atoms with Gasteiger partial charge in [0.15, 0.2) is 5.69 Å². The molecule has 0 unspecified atom stereocenters. The number of aromatic nitrogens is 3. The SMILES string of the molecule is Cc1ccc(NC(=O)c2nn(C)cc2N)nc1. The van der Waals surface area contributed by atoms with Crippen LogP contribution in [0.2, 0.25) is 0 Å². The van der Waals surface area contributed by atoms with Gasteiger partial charge in [-0.25, -0.2) is 4.98 Å². The minimum atomic E-state index is -0.362. The summed E-state index contributed by atoms with van der Waals surface area (Å²) in [6.45, 7) is 1.93. The lowest BCUT2D eigenvalue weighted by atomic mass is 10.3. The fourth-order valence-electron chi connectivity index (χ4n) is 1.40. The van der Waals surface area contributed by atoms with E-state index in [1.54, 1.807) is 25.5 Å². The zero-order valence-electron chi connectivity index (χ0n) is 9.64. The molecule has 6 nitrogen and oxygen atoms in total. The summed E-state index contributed by atoms with van der Waals surface area (Å²) in [4.78, 5) is 15.9. The largest absolute Gasteiger partial charge is 0.396 e. The van der Waals surface area contributed by atoms with Crippen LogP contribution in [0.15, 0.2) is 24.5 Å². The van der Waals surface area contributed by atoms with Gasteiger partial charge < -0.3 is 11.1 Å². The van der Waals surface area contributed by atoms with Crippen molar-refractivity contribution in [2.45, 2.75) is 6.92 Å². The van der Waals surface area contributed by atoms with Crippen LogP contribution >= 0.6 is 0 Å². The van der Waals surface area contributed by atoms with Crippen LogP contribution in [0.1, 0.15) is 16.1 Å².